The molecule has 3 aromatic rings. The second-order valence-corrected chi connectivity index (χ2v) is 6.05. The first-order valence-corrected chi connectivity index (χ1v) is 8.72. The van der Waals surface area contributed by atoms with E-state index in [1.165, 1.54) is 5.56 Å². The molecule has 0 aliphatic rings. The lowest BCUT2D eigenvalue weighted by atomic mass is 10.2. The Bertz CT molecular complexity index is 860. The van der Waals surface area contributed by atoms with Crippen LogP contribution in [-0.4, -0.2) is 21.9 Å². The molecule has 1 aromatic heterocycles. The van der Waals surface area contributed by atoms with Crippen molar-refractivity contribution in [2.75, 3.05) is 11.9 Å². The highest BCUT2D eigenvalue weighted by molar-refractivity contribution is 7.80. The Hall–Kier alpha value is -2.93. The predicted octanol–water partition coefficient (Wildman–Crippen LogP) is 3.93. The second kappa shape index (κ2) is 8.44. The van der Waals surface area contributed by atoms with Crippen molar-refractivity contribution >= 4 is 23.0 Å². The van der Waals surface area contributed by atoms with Gasteiger partial charge in [-0.05, 0) is 62.5 Å². The van der Waals surface area contributed by atoms with Gasteiger partial charge in [-0.1, -0.05) is 22.9 Å². The largest absolute Gasteiger partial charge is 0.494 e. The summed E-state index contributed by atoms with van der Waals surface area (Å²) >= 11 is 5.28. The van der Waals surface area contributed by atoms with Crippen LogP contribution in [0.5, 0.6) is 5.75 Å². The van der Waals surface area contributed by atoms with Crippen LogP contribution in [0.25, 0.3) is 11.4 Å². The molecule has 1 heterocycles. The molecule has 0 amide bonds. The molecule has 2 N–H and O–H groups in total. The SMILES string of the molecule is CCOc1ccc(-c2noc(CNC(=S)Nc3ccc(C)cc3)n2)cc1. The summed E-state index contributed by atoms with van der Waals surface area (Å²) in [7, 11) is 0. The minimum Gasteiger partial charge on any atom is -0.494 e. The van der Waals surface area contributed by atoms with Gasteiger partial charge >= 0.3 is 0 Å². The monoisotopic (exact) mass is 368 g/mol. The zero-order valence-electron chi connectivity index (χ0n) is 14.7. The first kappa shape index (κ1) is 17.9. The molecule has 0 aliphatic heterocycles. The van der Waals surface area contributed by atoms with Crippen molar-refractivity contribution in [3.05, 3.63) is 60.0 Å². The third-order valence-corrected chi connectivity index (χ3v) is 3.85. The zero-order valence-corrected chi connectivity index (χ0v) is 15.5. The average Bonchev–Trinajstić information content (AvgIpc) is 3.12. The minimum atomic E-state index is 0.349. The van der Waals surface area contributed by atoms with E-state index in [2.05, 4.69) is 20.8 Å². The van der Waals surface area contributed by atoms with Crippen LogP contribution >= 0.6 is 12.2 Å². The van der Waals surface area contributed by atoms with E-state index in [-0.39, 0.29) is 0 Å². The maximum absolute atomic E-state index is 5.43. The van der Waals surface area contributed by atoms with Crippen molar-refractivity contribution in [2.45, 2.75) is 20.4 Å². The molecular weight excluding hydrogens is 348 g/mol. The van der Waals surface area contributed by atoms with Crippen molar-refractivity contribution < 1.29 is 9.26 Å². The number of thiocarbonyl (C=S) groups is 1. The lowest BCUT2D eigenvalue weighted by Crippen LogP contribution is -2.27. The van der Waals surface area contributed by atoms with Crippen LogP contribution in [0.4, 0.5) is 5.69 Å². The highest BCUT2D eigenvalue weighted by Gasteiger charge is 2.09. The van der Waals surface area contributed by atoms with E-state index in [0.29, 0.717) is 30.0 Å². The fourth-order valence-electron chi connectivity index (χ4n) is 2.28. The van der Waals surface area contributed by atoms with Gasteiger partial charge in [-0.15, -0.1) is 0 Å². The van der Waals surface area contributed by atoms with Gasteiger partial charge in [-0.25, -0.2) is 0 Å². The van der Waals surface area contributed by atoms with Crippen molar-refractivity contribution in [1.82, 2.24) is 15.5 Å². The van der Waals surface area contributed by atoms with Gasteiger partial charge in [0.2, 0.25) is 11.7 Å². The highest BCUT2D eigenvalue weighted by Crippen LogP contribution is 2.20. The summed E-state index contributed by atoms with van der Waals surface area (Å²) in [5, 5.41) is 10.7. The second-order valence-electron chi connectivity index (χ2n) is 5.64. The third kappa shape index (κ3) is 4.80. The molecule has 0 saturated heterocycles. The number of benzene rings is 2. The van der Waals surface area contributed by atoms with Crippen molar-refractivity contribution in [3.63, 3.8) is 0 Å². The van der Waals surface area contributed by atoms with E-state index in [1.807, 2.05) is 62.4 Å². The van der Waals surface area contributed by atoms with Gasteiger partial charge < -0.3 is 19.9 Å². The molecule has 0 saturated carbocycles. The van der Waals surface area contributed by atoms with Gasteiger partial charge in [0.15, 0.2) is 5.11 Å². The van der Waals surface area contributed by atoms with Crippen LogP contribution in [0.2, 0.25) is 0 Å². The summed E-state index contributed by atoms with van der Waals surface area (Å²) < 4.78 is 10.7. The molecule has 6 nitrogen and oxygen atoms in total. The molecule has 0 radical (unpaired) electrons. The molecular formula is C19H20N4O2S. The van der Waals surface area contributed by atoms with Gasteiger partial charge in [-0.3, -0.25) is 0 Å². The van der Waals surface area contributed by atoms with E-state index in [1.54, 1.807) is 0 Å². The van der Waals surface area contributed by atoms with E-state index in [4.69, 9.17) is 21.5 Å². The average molecular weight is 368 g/mol. The zero-order chi connectivity index (χ0) is 18.4. The van der Waals surface area contributed by atoms with Crippen molar-refractivity contribution in [3.8, 4) is 17.1 Å². The maximum atomic E-state index is 5.43. The molecule has 26 heavy (non-hydrogen) atoms. The van der Waals surface area contributed by atoms with Crippen LogP contribution in [0, 0.1) is 6.92 Å². The highest BCUT2D eigenvalue weighted by atomic mass is 32.1. The van der Waals surface area contributed by atoms with Crippen molar-refractivity contribution in [1.29, 1.82) is 0 Å². The predicted molar refractivity (Wildman–Crippen MR) is 105 cm³/mol. The van der Waals surface area contributed by atoms with Gasteiger partial charge in [0.05, 0.1) is 13.2 Å². The normalized spacial score (nSPS) is 10.4. The fourth-order valence-corrected chi connectivity index (χ4v) is 2.47. The lowest BCUT2D eigenvalue weighted by molar-refractivity contribution is 0.340. The molecule has 0 spiro atoms. The van der Waals surface area contributed by atoms with E-state index in [9.17, 15) is 0 Å². The van der Waals surface area contributed by atoms with Gasteiger partial charge in [0, 0.05) is 11.3 Å². The number of anilines is 1. The van der Waals surface area contributed by atoms with E-state index in [0.717, 1.165) is 17.0 Å². The van der Waals surface area contributed by atoms with Gasteiger partial charge in [-0.2, -0.15) is 4.98 Å². The number of hydrogen-bond donors (Lipinski definition) is 2. The fraction of sp³-hybridized carbons (Fsp3) is 0.211. The van der Waals surface area contributed by atoms with Crippen LogP contribution in [0.3, 0.4) is 0 Å². The number of rotatable bonds is 6. The Morgan fingerprint density at radius 3 is 2.54 bits per heavy atom. The molecule has 0 unspecified atom stereocenters. The smallest absolute Gasteiger partial charge is 0.246 e. The van der Waals surface area contributed by atoms with Crippen LogP contribution in [0.1, 0.15) is 18.4 Å². The van der Waals surface area contributed by atoms with E-state index >= 15 is 0 Å². The number of aromatic nitrogens is 2. The molecule has 0 fully saturated rings. The van der Waals surface area contributed by atoms with Gasteiger partial charge in [0.25, 0.3) is 0 Å². The summed E-state index contributed by atoms with van der Waals surface area (Å²) in [5.41, 5.74) is 2.99. The standard InChI is InChI=1S/C19H20N4O2S/c1-3-24-16-10-6-14(7-11-16)18-22-17(25-23-18)12-20-19(26)21-15-8-4-13(2)5-9-15/h4-11H,3,12H2,1-2H3,(H2,20,21,26). The summed E-state index contributed by atoms with van der Waals surface area (Å²) in [6.45, 7) is 4.97. The third-order valence-electron chi connectivity index (χ3n) is 3.60. The Kier molecular flexibility index (Phi) is 5.80. The number of hydrogen-bond acceptors (Lipinski definition) is 5. The molecule has 0 aliphatic carbocycles. The number of ether oxygens (including phenoxy) is 1. The summed E-state index contributed by atoms with van der Waals surface area (Å²) in [4.78, 5) is 4.38. The molecule has 134 valence electrons. The van der Waals surface area contributed by atoms with Crippen LogP contribution in [0.15, 0.2) is 53.1 Å². The lowest BCUT2D eigenvalue weighted by Gasteiger charge is -2.08. The number of aryl methyl sites for hydroxylation is 1. The molecule has 2 aromatic carbocycles. The summed E-state index contributed by atoms with van der Waals surface area (Å²) in [5.74, 6) is 1.80. The summed E-state index contributed by atoms with van der Waals surface area (Å²) in [6, 6.07) is 15.5. The molecule has 0 atom stereocenters. The Morgan fingerprint density at radius 2 is 1.85 bits per heavy atom. The number of nitrogens with one attached hydrogen (secondary N) is 2. The van der Waals surface area contributed by atoms with Gasteiger partial charge in [0.1, 0.15) is 5.75 Å². The minimum absolute atomic E-state index is 0.349. The summed E-state index contributed by atoms with van der Waals surface area (Å²) in [6.07, 6.45) is 0. The first-order valence-electron chi connectivity index (χ1n) is 8.31. The first-order chi connectivity index (χ1) is 12.6. The topological polar surface area (TPSA) is 72.2 Å². The van der Waals surface area contributed by atoms with Crippen molar-refractivity contribution in [2.24, 2.45) is 0 Å². The van der Waals surface area contributed by atoms with E-state index < -0.39 is 0 Å². The quantitative estimate of drug-likeness (QED) is 0.639. The molecule has 7 heteroatoms. The Labute approximate surface area is 157 Å². The molecule has 3 rings (SSSR count). The number of nitrogens with zero attached hydrogens (tertiary/aromatic N) is 2. The van der Waals surface area contributed by atoms with Crippen LogP contribution < -0.4 is 15.4 Å². The van der Waals surface area contributed by atoms with Crippen LogP contribution in [-0.2, 0) is 6.54 Å². The Morgan fingerprint density at radius 1 is 1.12 bits per heavy atom. The molecule has 0 bridgehead atoms. The Balaban J connectivity index is 1.54. The maximum Gasteiger partial charge on any atom is 0.246 e.